The minimum atomic E-state index is -1.75. The summed E-state index contributed by atoms with van der Waals surface area (Å²) in [6.45, 7) is 10.0. The second kappa shape index (κ2) is 8.96. The molecule has 0 spiro atoms. The lowest BCUT2D eigenvalue weighted by Crippen LogP contribution is -2.64. The van der Waals surface area contributed by atoms with Crippen molar-refractivity contribution in [3.63, 3.8) is 0 Å². The number of hydrogen-bond donors (Lipinski definition) is 2. The van der Waals surface area contributed by atoms with E-state index in [9.17, 15) is 18.4 Å². The highest BCUT2D eigenvalue weighted by atomic mass is 19.3. The molecule has 0 aromatic carbocycles. The minimum Gasteiger partial charge on any atom is -0.352 e. The molecule has 4 nitrogen and oxygen atoms in total. The Balaban J connectivity index is 1.54. The van der Waals surface area contributed by atoms with Crippen molar-refractivity contribution in [1.82, 2.24) is 10.6 Å². The van der Waals surface area contributed by atoms with Crippen LogP contribution in [0.1, 0.15) is 92.4 Å². The first-order valence-corrected chi connectivity index (χ1v) is 13.1. The van der Waals surface area contributed by atoms with Crippen LogP contribution in [0.15, 0.2) is 11.7 Å². The summed E-state index contributed by atoms with van der Waals surface area (Å²) in [6.07, 6.45) is 7.71. The lowest BCUT2D eigenvalue weighted by molar-refractivity contribution is -0.151. The van der Waals surface area contributed by atoms with E-state index in [4.69, 9.17) is 0 Å². The maximum Gasteiger partial charge on any atom is 0.271 e. The fourth-order valence-corrected chi connectivity index (χ4v) is 8.22. The van der Waals surface area contributed by atoms with E-state index in [-0.39, 0.29) is 28.9 Å². The Kier molecular flexibility index (Phi) is 6.69. The Labute approximate surface area is 197 Å². The summed E-state index contributed by atoms with van der Waals surface area (Å²) >= 11 is 0. The lowest BCUT2D eigenvalue weighted by atomic mass is 9.47. The molecule has 3 unspecified atom stereocenters. The smallest absolute Gasteiger partial charge is 0.271 e. The standard InChI is InChI=1S/C27H42F2N2O2/c1-15(2)13-21(16(3)23(28)29)30-24(32)18-14-27(5)20-10-12-26(4)11-6-7-19(26)17(20)8-9-22(27)31-25(18)33/h15,17-22H,6-14H2,1-5H3,(H,30,32)(H,31,33)/t17-,18?,19-,20+,21?,22?,26-,27+/m0/s1. The summed E-state index contributed by atoms with van der Waals surface area (Å²) in [5.74, 6) is 0.642. The Hall–Kier alpha value is -1.46. The van der Waals surface area contributed by atoms with Gasteiger partial charge in [0.1, 0.15) is 5.92 Å². The van der Waals surface area contributed by atoms with Crippen molar-refractivity contribution in [2.75, 3.05) is 0 Å². The number of rotatable bonds is 5. The van der Waals surface area contributed by atoms with Gasteiger partial charge in [-0.25, -0.2) is 0 Å². The first kappa shape index (κ1) is 24.7. The van der Waals surface area contributed by atoms with E-state index in [1.165, 1.54) is 45.4 Å². The van der Waals surface area contributed by atoms with Gasteiger partial charge in [0.25, 0.3) is 6.08 Å². The predicted octanol–water partition coefficient (Wildman–Crippen LogP) is 5.83. The van der Waals surface area contributed by atoms with Gasteiger partial charge in [0.05, 0.1) is 6.04 Å². The third kappa shape index (κ3) is 4.36. The summed E-state index contributed by atoms with van der Waals surface area (Å²) in [6, 6.07) is -0.633. The van der Waals surface area contributed by atoms with Gasteiger partial charge in [-0.2, -0.15) is 8.78 Å². The van der Waals surface area contributed by atoms with Crippen LogP contribution in [0.2, 0.25) is 0 Å². The van der Waals surface area contributed by atoms with Gasteiger partial charge in [0, 0.05) is 11.6 Å². The van der Waals surface area contributed by atoms with Gasteiger partial charge in [0.2, 0.25) is 11.8 Å². The third-order valence-corrected chi connectivity index (χ3v) is 10.1. The van der Waals surface area contributed by atoms with E-state index in [0.29, 0.717) is 30.1 Å². The van der Waals surface area contributed by atoms with Crippen LogP contribution < -0.4 is 10.6 Å². The average Bonchev–Trinajstić information content (AvgIpc) is 3.14. The molecule has 1 aliphatic heterocycles. The monoisotopic (exact) mass is 464 g/mol. The molecule has 186 valence electrons. The van der Waals surface area contributed by atoms with Crippen LogP contribution in [-0.2, 0) is 9.59 Å². The Morgan fingerprint density at radius 1 is 1.12 bits per heavy atom. The number of carbonyl (C=O) groups is 2. The molecule has 4 aliphatic rings. The van der Waals surface area contributed by atoms with Gasteiger partial charge in [-0.1, -0.05) is 34.1 Å². The molecule has 2 N–H and O–H groups in total. The molecule has 1 saturated heterocycles. The zero-order valence-corrected chi connectivity index (χ0v) is 21.0. The van der Waals surface area contributed by atoms with E-state index in [1.807, 2.05) is 13.8 Å². The highest BCUT2D eigenvalue weighted by Crippen LogP contribution is 2.64. The second-order valence-electron chi connectivity index (χ2n) is 12.5. The topological polar surface area (TPSA) is 58.2 Å². The highest BCUT2D eigenvalue weighted by Gasteiger charge is 2.60. The van der Waals surface area contributed by atoms with E-state index < -0.39 is 23.9 Å². The SMILES string of the molecule is CC(=C(F)F)C(CC(C)C)NC(=O)C1C[C@@]2(C)C(CC[C@@H]3[C@H]2CC[C@]2(C)CCC[C@@H]32)NC1=O. The van der Waals surface area contributed by atoms with E-state index >= 15 is 0 Å². The van der Waals surface area contributed by atoms with Crippen LogP contribution in [-0.4, -0.2) is 23.9 Å². The molecule has 6 heteroatoms. The van der Waals surface area contributed by atoms with E-state index in [1.54, 1.807) is 0 Å². The van der Waals surface area contributed by atoms with Crippen LogP contribution in [0.5, 0.6) is 0 Å². The number of fused-ring (bicyclic) bond motifs is 5. The lowest BCUT2D eigenvalue weighted by Gasteiger charge is -2.60. The van der Waals surface area contributed by atoms with Crippen molar-refractivity contribution in [1.29, 1.82) is 0 Å². The molecular weight excluding hydrogens is 422 g/mol. The van der Waals surface area contributed by atoms with Gasteiger partial charge in [0.15, 0.2) is 0 Å². The molecule has 8 atom stereocenters. The molecular formula is C27H42F2N2O2. The van der Waals surface area contributed by atoms with Crippen molar-refractivity contribution >= 4 is 11.8 Å². The number of carbonyl (C=O) groups excluding carboxylic acids is 2. The van der Waals surface area contributed by atoms with Crippen molar-refractivity contribution in [2.24, 2.45) is 40.4 Å². The number of piperidine rings is 1. The van der Waals surface area contributed by atoms with E-state index in [2.05, 4.69) is 24.5 Å². The van der Waals surface area contributed by atoms with Gasteiger partial charge in [-0.15, -0.1) is 0 Å². The molecule has 0 aromatic heterocycles. The van der Waals surface area contributed by atoms with Gasteiger partial charge in [-0.05, 0) is 92.8 Å². The van der Waals surface area contributed by atoms with Crippen LogP contribution in [0.3, 0.4) is 0 Å². The molecule has 33 heavy (non-hydrogen) atoms. The second-order valence-corrected chi connectivity index (χ2v) is 12.5. The summed E-state index contributed by atoms with van der Waals surface area (Å²) < 4.78 is 26.7. The summed E-state index contributed by atoms with van der Waals surface area (Å²) in [5.41, 5.74) is 0.235. The number of hydrogen-bond acceptors (Lipinski definition) is 2. The first-order valence-electron chi connectivity index (χ1n) is 13.1. The quantitative estimate of drug-likeness (QED) is 0.503. The molecule has 1 heterocycles. The molecule has 3 aliphatic carbocycles. The molecule has 3 saturated carbocycles. The Morgan fingerprint density at radius 3 is 2.52 bits per heavy atom. The highest BCUT2D eigenvalue weighted by molar-refractivity contribution is 6.01. The first-order chi connectivity index (χ1) is 15.5. The molecule has 4 rings (SSSR count). The number of nitrogens with one attached hydrogen (secondary N) is 2. The van der Waals surface area contributed by atoms with Crippen LogP contribution in [0.25, 0.3) is 0 Å². The Bertz CT molecular complexity index is 823. The van der Waals surface area contributed by atoms with Crippen molar-refractivity contribution < 1.29 is 18.4 Å². The van der Waals surface area contributed by atoms with Crippen LogP contribution in [0, 0.1) is 40.4 Å². The zero-order chi connectivity index (χ0) is 24.1. The van der Waals surface area contributed by atoms with E-state index in [0.717, 1.165) is 12.3 Å². The largest absolute Gasteiger partial charge is 0.352 e. The van der Waals surface area contributed by atoms with Crippen molar-refractivity contribution in [3.8, 4) is 0 Å². The third-order valence-electron chi connectivity index (χ3n) is 10.1. The molecule has 4 fully saturated rings. The number of halogens is 2. The van der Waals surface area contributed by atoms with Crippen LogP contribution >= 0.6 is 0 Å². The minimum absolute atomic E-state index is 0.108. The van der Waals surface area contributed by atoms with Crippen molar-refractivity contribution in [3.05, 3.63) is 11.7 Å². The van der Waals surface area contributed by atoms with Gasteiger partial charge >= 0.3 is 0 Å². The normalized spacial score (nSPS) is 40.8. The summed E-state index contributed by atoms with van der Waals surface area (Å²) in [4.78, 5) is 26.3. The molecule has 0 bridgehead atoms. The Morgan fingerprint density at radius 2 is 1.85 bits per heavy atom. The zero-order valence-electron chi connectivity index (χ0n) is 21.0. The molecule has 0 radical (unpaired) electrons. The van der Waals surface area contributed by atoms with Gasteiger partial charge in [-0.3, -0.25) is 9.59 Å². The fourth-order valence-electron chi connectivity index (χ4n) is 8.22. The molecule has 2 amide bonds. The summed E-state index contributed by atoms with van der Waals surface area (Å²) in [5, 5.41) is 6.02. The fraction of sp³-hybridized carbons (Fsp3) is 0.852. The maximum absolute atomic E-state index is 13.4. The predicted molar refractivity (Wildman–Crippen MR) is 125 cm³/mol. The van der Waals surface area contributed by atoms with Crippen LogP contribution in [0.4, 0.5) is 8.78 Å². The average molecular weight is 465 g/mol. The maximum atomic E-state index is 13.4. The number of amides is 2. The summed E-state index contributed by atoms with van der Waals surface area (Å²) in [7, 11) is 0. The van der Waals surface area contributed by atoms with Crippen molar-refractivity contribution in [2.45, 2.75) is 104 Å². The van der Waals surface area contributed by atoms with Gasteiger partial charge < -0.3 is 10.6 Å². The molecule has 0 aromatic rings.